The van der Waals surface area contributed by atoms with E-state index in [1.807, 2.05) is 36.4 Å². The predicted octanol–water partition coefficient (Wildman–Crippen LogP) is 5.02. The van der Waals surface area contributed by atoms with Gasteiger partial charge in [-0.05, 0) is 36.2 Å². The SMILES string of the molecule is CN(CCCc1cc(-c2ccccc2)no1)C(=O)c1ccc(CS(=O)(=O)c2ccccc2)cc1. The van der Waals surface area contributed by atoms with Gasteiger partial charge in [0.1, 0.15) is 11.5 Å². The first-order valence-corrected chi connectivity index (χ1v) is 12.7. The number of sulfone groups is 1. The summed E-state index contributed by atoms with van der Waals surface area (Å²) in [5.74, 6) is 0.562. The molecule has 0 aliphatic rings. The summed E-state index contributed by atoms with van der Waals surface area (Å²) in [5, 5.41) is 4.12. The minimum Gasteiger partial charge on any atom is -0.361 e. The number of nitrogens with zero attached hydrogens (tertiary/aromatic N) is 2. The quantitative estimate of drug-likeness (QED) is 0.340. The van der Waals surface area contributed by atoms with Gasteiger partial charge < -0.3 is 9.42 Å². The van der Waals surface area contributed by atoms with Crippen LogP contribution in [0.5, 0.6) is 0 Å². The highest BCUT2D eigenvalue weighted by Gasteiger charge is 2.16. The van der Waals surface area contributed by atoms with Crippen LogP contribution in [0.3, 0.4) is 0 Å². The lowest BCUT2D eigenvalue weighted by Crippen LogP contribution is -2.28. The largest absolute Gasteiger partial charge is 0.361 e. The van der Waals surface area contributed by atoms with Crippen LogP contribution in [0.4, 0.5) is 0 Å². The monoisotopic (exact) mass is 474 g/mol. The Morgan fingerprint density at radius 3 is 2.24 bits per heavy atom. The molecule has 0 spiro atoms. The molecule has 0 radical (unpaired) electrons. The Bertz CT molecular complexity index is 1330. The summed E-state index contributed by atoms with van der Waals surface area (Å²) in [6, 6.07) is 26.9. The molecule has 174 valence electrons. The molecule has 0 N–H and O–H groups in total. The van der Waals surface area contributed by atoms with Crippen molar-refractivity contribution in [2.45, 2.75) is 23.5 Å². The summed E-state index contributed by atoms with van der Waals surface area (Å²) in [5.41, 5.74) is 2.97. The standard InChI is InChI=1S/C27H26N2O4S/c1-29(18-8-11-24-19-26(28-33-24)22-9-4-2-5-10-22)27(30)23-16-14-21(15-17-23)20-34(31,32)25-12-6-3-7-13-25/h2-7,9-10,12-17,19H,8,11,18,20H2,1H3. The first-order valence-electron chi connectivity index (χ1n) is 11.1. The Morgan fingerprint density at radius 1 is 0.912 bits per heavy atom. The zero-order valence-electron chi connectivity index (χ0n) is 18.9. The molecule has 4 rings (SSSR count). The van der Waals surface area contributed by atoms with E-state index in [1.54, 1.807) is 66.5 Å². The number of benzene rings is 3. The number of rotatable bonds is 9. The summed E-state index contributed by atoms with van der Waals surface area (Å²) in [7, 11) is -1.67. The molecule has 0 aliphatic carbocycles. The van der Waals surface area contributed by atoms with E-state index in [1.165, 1.54) is 0 Å². The molecule has 0 fully saturated rings. The number of hydrogen-bond acceptors (Lipinski definition) is 5. The summed E-state index contributed by atoms with van der Waals surface area (Å²) >= 11 is 0. The van der Waals surface area contributed by atoms with Crippen LogP contribution in [-0.2, 0) is 22.0 Å². The average molecular weight is 475 g/mol. The van der Waals surface area contributed by atoms with Crippen LogP contribution >= 0.6 is 0 Å². The molecule has 7 heteroatoms. The van der Waals surface area contributed by atoms with Gasteiger partial charge in [-0.2, -0.15) is 0 Å². The fraction of sp³-hybridized carbons (Fsp3) is 0.185. The van der Waals surface area contributed by atoms with Gasteiger partial charge in [0, 0.05) is 37.2 Å². The molecule has 0 aliphatic heterocycles. The first-order chi connectivity index (χ1) is 16.4. The van der Waals surface area contributed by atoms with E-state index in [9.17, 15) is 13.2 Å². The van der Waals surface area contributed by atoms with Crippen LogP contribution in [-0.4, -0.2) is 38.0 Å². The molecule has 0 saturated heterocycles. The average Bonchev–Trinajstić information content (AvgIpc) is 3.34. The molecule has 34 heavy (non-hydrogen) atoms. The van der Waals surface area contributed by atoms with Crippen molar-refractivity contribution in [2.75, 3.05) is 13.6 Å². The fourth-order valence-corrected chi connectivity index (χ4v) is 5.03. The van der Waals surface area contributed by atoms with Gasteiger partial charge in [0.15, 0.2) is 9.84 Å². The van der Waals surface area contributed by atoms with E-state index in [-0.39, 0.29) is 16.6 Å². The van der Waals surface area contributed by atoms with Crippen molar-refractivity contribution in [1.29, 1.82) is 0 Å². The second kappa shape index (κ2) is 10.5. The Balaban J connectivity index is 1.29. The maximum Gasteiger partial charge on any atom is 0.253 e. The third-order valence-electron chi connectivity index (χ3n) is 5.55. The van der Waals surface area contributed by atoms with Crippen molar-refractivity contribution in [3.8, 4) is 11.3 Å². The van der Waals surface area contributed by atoms with Gasteiger partial charge in [-0.15, -0.1) is 0 Å². The van der Waals surface area contributed by atoms with Crippen LogP contribution in [0, 0.1) is 0 Å². The molecule has 6 nitrogen and oxygen atoms in total. The Morgan fingerprint density at radius 2 is 1.56 bits per heavy atom. The Labute approximate surface area is 199 Å². The maximum absolute atomic E-state index is 12.8. The van der Waals surface area contributed by atoms with Crippen molar-refractivity contribution in [3.05, 3.63) is 108 Å². The Hall–Kier alpha value is -3.71. The molecule has 1 amide bonds. The number of aromatic nitrogens is 1. The van der Waals surface area contributed by atoms with Crippen LogP contribution in [0.2, 0.25) is 0 Å². The van der Waals surface area contributed by atoms with Gasteiger partial charge in [0.25, 0.3) is 5.91 Å². The highest BCUT2D eigenvalue weighted by Crippen LogP contribution is 2.20. The molecule has 4 aromatic rings. The van der Waals surface area contributed by atoms with Crippen molar-refractivity contribution >= 4 is 15.7 Å². The smallest absolute Gasteiger partial charge is 0.253 e. The third kappa shape index (κ3) is 5.80. The number of amides is 1. The summed E-state index contributed by atoms with van der Waals surface area (Å²) < 4.78 is 30.5. The summed E-state index contributed by atoms with van der Waals surface area (Å²) in [6.07, 6.45) is 1.41. The molecule has 0 atom stereocenters. The lowest BCUT2D eigenvalue weighted by atomic mass is 10.1. The van der Waals surface area contributed by atoms with Crippen LogP contribution in [0.25, 0.3) is 11.3 Å². The molecule has 0 saturated carbocycles. The second-order valence-corrected chi connectivity index (χ2v) is 10.1. The van der Waals surface area contributed by atoms with E-state index in [4.69, 9.17) is 4.52 Å². The van der Waals surface area contributed by atoms with Crippen LogP contribution in [0.1, 0.15) is 28.1 Å². The van der Waals surface area contributed by atoms with Gasteiger partial charge >= 0.3 is 0 Å². The van der Waals surface area contributed by atoms with E-state index < -0.39 is 9.84 Å². The van der Waals surface area contributed by atoms with E-state index in [2.05, 4.69) is 5.16 Å². The molecule has 3 aromatic carbocycles. The molecule has 0 bridgehead atoms. The van der Waals surface area contributed by atoms with E-state index in [0.717, 1.165) is 23.4 Å². The number of carbonyl (C=O) groups excluding carboxylic acids is 1. The zero-order chi connectivity index (χ0) is 24.0. The van der Waals surface area contributed by atoms with Gasteiger partial charge in [0.2, 0.25) is 0 Å². The molecular formula is C27H26N2O4S. The molecule has 1 heterocycles. The topological polar surface area (TPSA) is 80.5 Å². The molecule has 1 aromatic heterocycles. The maximum atomic E-state index is 12.8. The number of carbonyl (C=O) groups is 1. The zero-order valence-corrected chi connectivity index (χ0v) is 19.7. The van der Waals surface area contributed by atoms with Gasteiger partial charge in [-0.25, -0.2) is 8.42 Å². The normalized spacial score (nSPS) is 11.3. The van der Waals surface area contributed by atoms with Crippen molar-refractivity contribution < 1.29 is 17.7 Å². The van der Waals surface area contributed by atoms with E-state index >= 15 is 0 Å². The highest BCUT2D eigenvalue weighted by atomic mass is 32.2. The summed E-state index contributed by atoms with van der Waals surface area (Å²) in [4.78, 5) is 14.7. The predicted molar refractivity (Wildman–Crippen MR) is 131 cm³/mol. The van der Waals surface area contributed by atoms with E-state index in [0.29, 0.717) is 24.1 Å². The second-order valence-electron chi connectivity index (χ2n) is 8.14. The number of hydrogen-bond donors (Lipinski definition) is 0. The minimum atomic E-state index is -3.43. The fourth-order valence-electron chi connectivity index (χ4n) is 3.66. The van der Waals surface area contributed by atoms with Crippen molar-refractivity contribution in [3.63, 3.8) is 0 Å². The lowest BCUT2D eigenvalue weighted by molar-refractivity contribution is 0.0793. The first kappa shape index (κ1) is 23.4. The van der Waals surface area contributed by atoms with Crippen molar-refractivity contribution in [2.24, 2.45) is 0 Å². The molecule has 0 unspecified atom stereocenters. The number of aryl methyl sites for hydroxylation is 1. The molecular weight excluding hydrogens is 448 g/mol. The van der Waals surface area contributed by atoms with Gasteiger partial charge in [-0.3, -0.25) is 4.79 Å². The third-order valence-corrected chi connectivity index (χ3v) is 7.26. The highest BCUT2D eigenvalue weighted by molar-refractivity contribution is 7.90. The van der Waals surface area contributed by atoms with Crippen LogP contribution < -0.4 is 0 Å². The summed E-state index contributed by atoms with van der Waals surface area (Å²) in [6.45, 7) is 0.560. The van der Waals surface area contributed by atoms with Crippen molar-refractivity contribution in [1.82, 2.24) is 10.1 Å². The van der Waals surface area contributed by atoms with Gasteiger partial charge in [0.05, 0.1) is 10.6 Å². The van der Waals surface area contributed by atoms with Gasteiger partial charge in [-0.1, -0.05) is 65.8 Å². The minimum absolute atomic E-state index is 0.108. The Kier molecular flexibility index (Phi) is 7.23. The van der Waals surface area contributed by atoms with Crippen LogP contribution in [0.15, 0.2) is 100 Å². The lowest BCUT2D eigenvalue weighted by Gasteiger charge is -2.17.